The lowest BCUT2D eigenvalue weighted by atomic mass is 10.1. The molecule has 0 spiro atoms. The minimum atomic E-state index is -0.505. The van der Waals surface area contributed by atoms with E-state index < -0.39 is 5.60 Å². The molecule has 33 heavy (non-hydrogen) atoms. The van der Waals surface area contributed by atoms with Crippen LogP contribution in [0, 0.1) is 3.70 Å². The van der Waals surface area contributed by atoms with E-state index in [1.165, 1.54) is 0 Å². The van der Waals surface area contributed by atoms with E-state index in [9.17, 15) is 4.79 Å². The van der Waals surface area contributed by atoms with E-state index in [-0.39, 0.29) is 12.1 Å². The monoisotopic (exact) mass is 565 g/mol. The Morgan fingerprint density at radius 3 is 2.64 bits per heavy atom. The number of nitrogens with one attached hydrogen (secondary N) is 1. The van der Waals surface area contributed by atoms with Crippen LogP contribution in [-0.2, 0) is 11.3 Å². The Kier molecular flexibility index (Phi) is 6.55. The number of benzene rings is 1. The fourth-order valence-corrected chi connectivity index (χ4v) is 4.48. The minimum Gasteiger partial charge on any atom is -0.497 e. The molecule has 1 aromatic carbocycles. The van der Waals surface area contributed by atoms with Gasteiger partial charge in [-0.1, -0.05) is 0 Å². The van der Waals surface area contributed by atoms with Crippen LogP contribution < -0.4 is 14.8 Å². The van der Waals surface area contributed by atoms with Gasteiger partial charge in [-0.15, -0.1) is 0 Å². The number of hydrogen-bond acceptors (Lipinski definition) is 7. The number of anilines is 1. The summed E-state index contributed by atoms with van der Waals surface area (Å²) in [6.07, 6.45) is 1.48. The van der Waals surface area contributed by atoms with Gasteiger partial charge in [0.05, 0.1) is 31.2 Å². The van der Waals surface area contributed by atoms with Gasteiger partial charge in [-0.05, 0) is 61.6 Å². The van der Waals surface area contributed by atoms with E-state index in [2.05, 4.69) is 32.9 Å². The van der Waals surface area contributed by atoms with Gasteiger partial charge in [0.25, 0.3) is 0 Å². The maximum absolute atomic E-state index is 12.3. The summed E-state index contributed by atoms with van der Waals surface area (Å²) in [5, 5.41) is 9.14. The largest absolute Gasteiger partial charge is 0.497 e. The van der Waals surface area contributed by atoms with Crippen LogP contribution >= 0.6 is 22.6 Å². The van der Waals surface area contributed by atoms with Gasteiger partial charge in [0.2, 0.25) is 0 Å². The summed E-state index contributed by atoms with van der Waals surface area (Å²) >= 11 is 2.23. The predicted molar refractivity (Wildman–Crippen MR) is 134 cm³/mol. The van der Waals surface area contributed by atoms with Gasteiger partial charge in [-0.25, -0.2) is 9.78 Å². The van der Waals surface area contributed by atoms with E-state index in [4.69, 9.17) is 19.3 Å². The smallest absolute Gasteiger partial charge is 0.410 e. The molecule has 2 aromatic heterocycles. The van der Waals surface area contributed by atoms with E-state index >= 15 is 0 Å². The molecule has 9 nitrogen and oxygen atoms in total. The van der Waals surface area contributed by atoms with Crippen molar-refractivity contribution in [3.8, 4) is 11.5 Å². The van der Waals surface area contributed by atoms with E-state index in [1.807, 2.05) is 49.7 Å². The number of pyridine rings is 1. The molecule has 0 saturated carbocycles. The highest BCUT2D eigenvalue weighted by Crippen LogP contribution is 2.33. The molecule has 1 saturated heterocycles. The summed E-state index contributed by atoms with van der Waals surface area (Å²) in [6.45, 7) is 7.28. The van der Waals surface area contributed by atoms with Gasteiger partial charge in [0, 0.05) is 37.5 Å². The summed E-state index contributed by atoms with van der Waals surface area (Å²) in [7, 11) is 3.27. The molecular formula is C23H28IN5O4. The van der Waals surface area contributed by atoms with Crippen LogP contribution in [0.2, 0.25) is 0 Å². The first-order chi connectivity index (χ1) is 15.7. The number of hydrogen-bond donors (Lipinski definition) is 1. The van der Waals surface area contributed by atoms with Crippen molar-refractivity contribution in [2.75, 3.05) is 32.6 Å². The van der Waals surface area contributed by atoms with Crippen molar-refractivity contribution in [2.24, 2.45) is 0 Å². The quantitative estimate of drug-likeness (QED) is 0.442. The Labute approximate surface area is 206 Å². The average Bonchev–Trinajstić information content (AvgIpc) is 3.06. The Hall–Kier alpha value is -2.76. The lowest BCUT2D eigenvalue weighted by Crippen LogP contribution is -2.52. The summed E-state index contributed by atoms with van der Waals surface area (Å²) in [5.41, 5.74) is 1.47. The van der Waals surface area contributed by atoms with E-state index in [1.54, 1.807) is 25.3 Å². The molecule has 0 unspecified atom stereocenters. The molecule has 1 N–H and O–H groups in total. The molecule has 0 radical (unpaired) electrons. The number of methoxy groups -OCH3 is 2. The number of halogens is 1. The van der Waals surface area contributed by atoms with Crippen molar-refractivity contribution in [2.45, 2.75) is 39.0 Å². The second-order valence-electron chi connectivity index (χ2n) is 8.86. The third-order valence-corrected chi connectivity index (χ3v) is 6.13. The normalized spacial score (nSPS) is 14.2. The standard InChI is InChI=1S/C23H28IN5O4/c1-23(2,3)33-22(30)28-12-15(13-28)29-17-8-9-25-21(19(17)20(24)27-29)26-11-14-6-7-16(31-4)10-18(14)32-5/h6-10,15H,11-13H2,1-5H3,(H,25,26). The number of amides is 1. The highest BCUT2D eigenvalue weighted by molar-refractivity contribution is 14.1. The first-order valence-electron chi connectivity index (χ1n) is 10.7. The summed E-state index contributed by atoms with van der Waals surface area (Å²) in [4.78, 5) is 18.5. The Bertz CT molecular complexity index is 1170. The number of aromatic nitrogens is 3. The van der Waals surface area contributed by atoms with Gasteiger partial charge in [0.1, 0.15) is 26.6 Å². The van der Waals surface area contributed by atoms with Crippen LogP contribution in [0.15, 0.2) is 30.5 Å². The molecular weight excluding hydrogens is 537 g/mol. The molecule has 1 amide bonds. The van der Waals surface area contributed by atoms with Crippen LogP contribution in [0.1, 0.15) is 32.4 Å². The van der Waals surface area contributed by atoms with Gasteiger partial charge in [-0.3, -0.25) is 4.68 Å². The number of fused-ring (bicyclic) bond motifs is 1. The lowest BCUT2D eigenvalue weighted by Gasteiger charge is -2.39. The van der Waals surface area contributed by atoms with Gasteiger partial charge < -0.3 is 24.4 Å². The predicted octanol–water partition coefficient (Wildman–Crippen LogP) is 4.46. The van der Waals surface area contributed by atoms with Crippen LogP contribution in [-0.4, -0.2) is 58.7 Å². The first-order valence-corrected chi connectivity index (χ1v) is 11.7. The van der Waals surface area contributed by atoms with Crippen molar-refractivity contribution in [3.05, 3.63) is 39.7 Å². The third kappa shape index (κ3) is 4.94. The lowest BCUT2D eigenvalue weighted by molar-refractivity contribution is 0.000116. The van der Waals surface area contributed by atoms with Crippen LogP contribution in [0.3, 0.4) is 0 Å². The molecule has 0 aliphatic carbocycles. The van der Waals surface area contributed by atoms with Gasteiger partial charge in [-0.2, -0.15) is 5.10 Å². The van der Waals surface area contributed by atoms with Crippen molar-refractivity contribution >= 4 is 45.4 Å². The highest BCUT2D eigenvalue weighted by atomic mass is 127. The van der Waals surface area contributed by atoms with Crippen molar-refractivity contribution in [1.29, 1.82) is 0 Å². The first kappa shape index (κ1) is 23.4. The number of rotatable bonds is 6. The zero-order chi connectivity index (χ0) is 23.8. The molecule has 1 aliphatic heterocycles. The topological polar surface area (TPSA) is 90.7 Å². The Balaban J connectivity index is 1.51. The SMILES string of the molecule is COc1ccc(CNc2nccc3c2c(I)nn3C2CN(C(=O)OC(C)(C)C)C2)c(OC)c1. The molecule has 176 valence electrons. The number of nitrogens with zero attached hydrogens (tertiary/aromatic N) is 4. The fourth-order valence-electron chi connectivity index (χ4n) is 3.72. The third-order valence-electron chi connectivity index (χ3n) is 5.38. The molecule has 1 fully saturated rings. The van der Waals surface area contributed by atoms with Gasteiger partial charge >= 0.3 is 6.09 Å². The minimum absolute atomic E-state index is 0.0977. The maximum Gasteiger partial charge on any atom is 0.410 e. The number of carbonyl (C=O) groups excluding carboxylic acids is 1. The molecule has 4 rings (SSSR count). The second kappa shape index (κ2) is 9.24. The number of ether oxygens (including phenoxy) is 3. The zero-order valence-electron chi connectivity index (χ0n) is 19.4. The molecule has 1 aliphatic rings. The van der Waals surface area contributed by atoms with Crippen LogP contribution in [0.4, 0.5) is 10.6 Å². The van der Waals surface area contributed by atoms with Crippen molar-refractivity contribution < 1.29 is 19.0 Å². The van der Waals surface area contributed by atoms with Gasteiger partial charge in [0.15, 0.2) is 0 Å². The summed E-state index contributed by atoms with van der Waals surface area (Å²) < 4.78 is 19.1. The summed E-state index contributed by atoms with van der Waals surface area (Å²) in [6, 6.07) is 7.79. The fraction of sp³-hybridized carbons (Fsp3) is 0.435. The Morgan fingerprint density at radius 2 is 1.97 bits per heavy atom. The van der Waals surface area contributed by atoms with Crippen molar-refractivity contribution in [3.63, 3.8) is 0 Å². The van der Waals surface area contributed by atoms with E-state index in [0.29, 0.717) is 19.6 Å². The maximum atomic E-state index is 12.3. The van der Waals surface area contributed by atoms with Crippen molar-refractivity contribution in [1.82, 2.24) is 19.7 Å². The Morgan fingerprint density at radius 1 is 1.21 bits per heavy atom. The molecule has 3 heterocycles. The molecule has 0 atom stereocenters. The zero-order valence-corrected chi connectivity index (χ0v) is 21.5. The molecule has 10 heteroatoms. The molecule has 3 aromatic rings. The van der Waals surface area contributed by atoms with Crippen LogP contribution in [0.25, 0.3) is 10.9 Å². The van der Waals surface area contributed by atoms with E-state index in [0.717, 1.165) is 37.5 Å². The average molecular weight is 565 g/mol. The highest BCUT2D eigenvalue weighted by Gasteiger charge is 2.36. The molecule has 0 bridgehead atoms. The summed E-state index contributed by atoms with van der Waals surface area (Å²) in [5.74, 6) is 2.24. The number of carbonyl (C=O) groups is 1. The van der Waals surface area contributed by atoms with Crippen LogP contribution in [0.5, 0.6) is 11.5 Å². The number of likely N-dealkylation sites (tertiary alicyclic amines) is 1. The second-order valence-corrected chi connectivity index (χ2v) is 9.88.